The van der Waals surface area contributed by atoms with E-state index in [1.165, 1.54) is 0 Å². The molecular formula is C14H17N3O. The Balaban J connectivity index is 2.28. The normalized spacial score (nSPS) is 10.1. The van der Waals surface area contributed by atoms with E-state index in [0.717, 1.165) is 17.1 Å². The molecule has 2 rings (SSSR count). The van der Waals surface area contributed by atoms with Crippen LogP contribution in [0.4, 0.5) is 22.7 Å². The van der Waals surface area contributed by atoms with Gasteiger partial charge in [0.1, 0.15) is 5.75 Å². The second-order valence-corrected chi connectivity index (χ2v) is 4.07. The van der Waals surface area contributed by atoms with Gasteiger partial charge in [-0.1, -0.05) is 0 Å². The van der Waals surface area contributed by atoms with E-state index in [1.807, 2.05) is 54.4 Å². The van der Waals surface area contributed by atoms with Crippen molar-refractivity contribution in [2.24, 2.45) is 0 Å². The highest BCUT2D eigenvalue weighted by Gasteiger charge is 2.05. The molecule has 0 amide bonds. The van der Waals surface area contributed by atoms with Gasteiger partial charge in [0.05, 0.1) is 18.5 Å². The molecule has 0 saturated carbocycles. The highest BCUT2D eigenvalue weighted by molar-refractivity contribution is 5.73. The first-order valence-electron chi connectivity index (χ1n) is 5.64. The van der Waals surface area contributed by atoms with Gasteiger partial charge in [-0.05, 0) is 42.5 Å². The highest BCUT2D eigenvalue weighted by atomic mass is 16.5. The fraction of sp³-hybridized carbons (Fsp3) is 0.143. The van der Waals surface area contributed by atoms with Gasteiger partial charge in [-0.3, -0.25) is 0 Å². The summed E-state index contributed by atoms with van der Waals surface area (Å²) in [6, 6.07) is 13.4. The highest BCUT2D eigenvalue weighted by Crippen LogP contribution is 2.28. The molecule has 2 aromatic rings. The number of benzene rings is 2. The van der Waals surface area contributed by atoms with Gasteiger partial charge >= 0.3 is 0 Å². The fourth-order valence-electron chi connectivity index (χ4n) is 1.73. The lowest BCUT2D eigenvalue weighted by molar-refractivity contribution is 0.415. The largest absolute Gasteiger partial charge is 0.497 e. The molecule has 0 unspecified atom stereocenters. The number of anilines is 4. The fourth-order valence-corrected chi connectivity index (χ4v) is 1.73. The molecule has 0 radical (unpaired) electrons. The third-order valence-electron chi connectivity index (χ3n) is 2.92. The van der Waals surface area contributed by atoms with Crippen LogP contribution in [0.15, 0.2) is 42.5 Å². The van der Waals surface area contributed by atoms with Crippen molar-refractivity contribution in [2.45, 2.75) is 0 Å². The van der Waals surface area contributed by atoms with Gasteiger partial charge in [-0.2, -0.15) is 0 Å². The van der Waals surface area contributed by atoms with Gasteiger partial charge in [0.25, 0.3) is 0 Å². The van der Waals surface area contributed by atoms with Crippen LogP contribution >= 0.6 is 0 Å². The zero-order valence-electron chi connectivity index (χ0n) is 10.6. The zero-order chi connectivity index (χ0) is 13.1. The summed E-state index contributed by atoms with van der Waals surface area (Å²) in [6.07, 6.45) is 0. The molecule has 0 aromatic heterocycles. The van der Waals surface area contributed by atoms with Crippen molar-refractivity contribution >= 4 is 22.7 Å². The van der Waals surface area contributed by atoms with Crippen LogP contribution < -0.4 is 21.1 Å². The van der Waals surface area contributed by atoms with Crippen LogP contribution in [0.3, 0.4) is 0 Å². The van der Waals surface area contributed by atoms with E-state index in [9.17, 15) is 0 Å². The van der Waals surface area contributed by atoms with Crippen LogP contribution in [0.1, 0.15) is 0 Å². The Morgan fingerprint density at radius 2 is 1.50 bits per heavy atom. The first-order chi connectivity index (χ1) is 8.61. The Morgan fingerprint density at radius 1 is 0.889 bits per heavy atom. The molecule has 18 heavy (non-hydrogen) atoms. The van der Waals surface area contributed by atoms with E-state index in [0.29, 0.717) is 11.4 Å². The predicted octanol–water partition coefficient (Wildman–Crippen LogP) is 2.63. The summed E-state index contributed by atoms with van der Waals surface area (Å²) >= 11 is 0. The summed E-state index contributed by atoms with van der Waals surface area (Å²) in [4.78, 5) is 2.04. The van der Waals surface area contributed by atoms with Crippen LogP contribution in [-0.2, 0) is 0 Å². The van der Waals surface area contributed by atoms with E-state index < -0.39 is 0 Å². The standard InChI is InChI=1S/C14H17N3O/c1-17(10-3-6-12(18-2)7-4-10)11-5-8-13(15)14(16)9-11/h3-9H,15-16H2,1-2H3. The average Bonchev–Trinajstić information content (AvgIpc) is 2.41. The lowest BCUT2D eigenvalue weighted by Gasteiger charge is -2.20. The molecule has 4 nitrogen and oxygen atoms in total. The number of nitrogens with zero attached hydrogens (tertiary/aromatic N) is 1. The molecule has 0 spiro atoms. The summed E-state index contributed by atoms with van der Waals surface area (Å²) in [6.45, 7) is 0. The van der Waals surface area contributed by atoms with Gasteiger partial charge in [-0.25, -0.2) is 0 Å². The monoisotopic (exact) mass is 243 g/mol. The molecule has 0 bridgehead atoms. The molecule has 2 aromatic carbocycles. The van der Waals surface area contributed by atoms with E-state index in [-0.39, 0.29) is 0 Å². The van der Waals surface area contributed by atoms with Crippen molar-refractivity contribution in [3.63, 3.8) is 0 Å². The molecule has 4 N–H and O–H groups in total. The first kappa shape index (κ1) is 12.1. The van der Waals surface area contributed by atoms with Gasteiger partial charge < -0.3 is 21.1 Å². The Labute approximate surface area is 107 Å². The van der Waals surface area contributed by atoms with E-state index in [4.69, 9.17) is 16.2 Å². The van der Waals surface area contributed by atoms with Crippen LogP contribution in [-0.4, -0.2) is 14.2 Å². The van der Waals surface area contributed by atoms with E-state index >= 15 is 0 Å². The Kier molecular flexibility index (Phi) is 3.28. The maximum absolute atomic E-state index is 5.81. The predicted molar refractivity (Wildman–Crippen MR) is 76.3 cm³/mol. The summed E-state index contributed by atoms with van der Waals surface area (Å²) in [5.74, 6) is 0.837. The third kappa shape index (κ3) is 2.32. The quantitative estimate of drug-likeness (QED) is 0.813. The van der Waals surface area contributed by atoms with E-state index in [2.05, 4.69) is 0 Å². The van der Waals surface area contributed by atoms with Crippen molar-refractivity contribution in [3.05, 3.63) is 42.5 Å². The second kappa shape index (κ2) is 4.87. The maximum Gasteiger partial charge on any atom is 0.119 e. The van der Waals surface area contributed by atoms with Crippen molar-refractivity contribution in [2.75, 3.05) is 30.5 Å². The average molecular weight is 243 g/mol. The van der Waals surface area contributed by atoms with Crippen molar-refractivity contribution in [1.82, 2.24) is 0 Å². The van der Waals surface area contributed by atoms with E-state index in [1.54, 1.807) is 7.11 Å². The SMILES string of the molecule is COc1ccc(N(C)c2ccc(N)c(N)c2)cc1. The number of nitrogen functional groups attached to an aromatic ring is 2. The van der Waals surface area contributed by atoms with Crippen molar-refractivity contribution in [1.29, 1.82) is 0 Å². The number of hydrogen-bond acceptors (Lipinski definition) is 4. The number of nitrogens with two attached hydrogens (primary N) is 2. The van der Waals surface area contributed by atoms with Crippen LogP contribution in [0.5, 0.6) is 5.75 Å². The molecule has 0 aliphatic rings. The minimum atomic E-state index is 0.591. The molecule has 0 aliphatic heterocycles. The lowest BCUT2D eigenvalue weighted by atomic mass is 10.2. The minimum Gasteiger partial charge on any atom is -0.497 e. The molecular weight excluding hydrogens is 226 g/mol. The number of methoxy groups -OCH3 is 1. The van der Waals surface area contributed by atoms with Crippen molar-refractivity contribution < 1.29 is 4.74 Å². The zero-order valence-corrected chi connectivity index (χ0v) is 10.6. The smallest absolute Gasteiger partial charge is 0.119 e. The lowest BCUT2D eigenvalue weighted by Crippen LogP contribution is -2.10. The molecule has 0 atom stereocenters. The summed E-state index contributed by atoms with van der Waals surface area (Å²) in [5, 5.41) is 0. The molecule has 0 aliphatic carbocycles. The maximum atomic E-state index is 5.81. The molecule has 4 heteroatoms. The van der Waals surface area contributed by atoms with Gasteiger partial charge in [0.15, 0.2) is 0 Å². The van der Waals surface area contributed by atoms with Gasteiger partial charge in [0.2, 0.25) is 0 Å². The summed E-state index contributed by atoms with van der Waals surface area (Å²) in [5.41, 5.74) is 14.8. The third-order valence-corrected chi connectivity index (χ3v) is 2.92. The molecule has 0 fully saturated rings. The topological polar surface area (TPSA) is 64.5 Å². The van der Waals surface area contributed by atoms with Crippen LogP contribution in [0.2, 0.25) is 0 Å². The second-order valence-electron chi connectivity index (χ2n) is 4.07. The first-order valence-corrected chi connectivity index (χ1v) is 5.64. The van der Waals surface area contributed by atoms with Gasteiger partial charge in [-0.15, -0.1) is 0 Å². The minimum absolute atomic E-state index is 0.591. The number of hydrogen-bond donors (Lipinski definition) is 2. The Bertz CT molecular complexity index is 537. The Morgan fingerprint density at radius 3 is 2.06 bits per heavy atom. The van der Waals surface area contributed by atoms with Gasteiger partial charge in [0, 0.05) is 18.4 Å². The van der Waals surface area contributed by atoms with Crippen LogP contribution in [0, 0.1) is 0 Å². The number of rotatable bonds is 3. The molecule has 0 saturated heterocycles. The number of ether oxygens (including phenoxy) is 1. The summed E-state index contributed by atoms with van der Waals surface area (Å²) < 4.78 is 5.13. The summed E-state index contributed by atoms with van der Waals surface area (Å²) in [7, 11) is 3.63. The Hall–Kier alpha value is -2.36. The van der Waals surface area contributed by atoms with Crippen LogP contribution in [0.25, 0.3) is 0 Å². The molecule has 94 valence electrons. The van der Waals surface area contributed by atoms with Crippen molar-refractivity contribution in [3.8, 4) is 5.75 Å². The molecule has 0 heterocycles.